The maximum Gasteiger partial charge on any atom is 0.319 e. The number of esters is 1. The van der Waals surface area contributed by atoms with Gasteiger partial charge in [0.05, 0.1) is 13.2 Å². The summed E-state index contributed by atoms with van der Waals surface area (Å²) in [6, 6.07) is 10.3. The fourth-order valence-corrected chi connectivity index (χ4v) is 1.60. The Balaban J connectivity index is 2.47. The molecule has 0 heterocycles. The lowest BCUT2D eigenvalue weighted by atomic mass is 10.1. The normalized spacial score (nSPS) is 12.1. The van der Waals surface area contributed by atoms with E-state index in [0.29, 0.717) is 6.61 Å². The second-order valence-corrected chi connectivity index (χ2v) is 3.56. The SMILES string of the molecule is CCOC(=O)CNC(CC)c1ccccc1. The van der Waals surface area contributed by atoms with Gasteiger partial charge in [0.25, 0.3) is 0 Å². The van der Waals surface area contributed by atoms with Crippen molar-refractivity contribution < 1.29 is 9.53 Å². The average Bonchev–Trinajstić information content (AvgIpc) is 2.31. The van der Waals surface area contributed by atoms with Crippen molar-refractivity contribution in [3.05, 3.63) is 35.9 Å². The van der Waals surface area contributed by atoms with Crippen LogP contribution in [-0.4, -0.2) is 19.1 Å². The number of benzene rings is 1. The van der Waals surface area contributed by atoms with Crippen molar-refractivity contribution in [2.75, 3.05) is 13.2 Å². The summed E-state index contributed by atoms with van der Waals surface area (Å²) in [5.74, 6) is -0.197. The first-order valence-electron chi connectivity index (χ1n) is 5.71. The monoisotopic (exact) mass is 221 g/mol. The molecular formula is C13H19NO2. The predicted octanol–water partition coefficient (Wildman–Crippen LogP) is 2.29. The topological polar surface area (TPSA) is 38.3 Å². The first-order valence-corrected chi connectivity index (χ1v) is 5.71. The Morgan fingerprint density at radius 1 is 1.31 bits per heavy atom. The van der Waals surface area contributed by atoms with E-state index in [1.165, 1.54) is 5.56 Å². The third-order valence-corrected chi connectivity index (χ3v) is 2.41. The van der Waals surface area contributed by atoms with Gasteiger partial charge in [0.1, 0.15) is 0 Å². The van der Waals surface area contributed by atoms with E-state index in [1.54, 1.807) is 0 Å². The van der Waals surface area contributed by atoms with Gasteiger partial charge in [-0.1, -0.05) is 37.3 Å². The Hall–Kier alpha value is -1.35. The maximum atomic E-state index is 11.2. The van der Waals surface area contributed by atoms with Gasteiger partial charge in [0.15, 0.2) is 0 Å². The molecule has 1 N–H and O–H groups in total. The molecule has 3 heteroatoms. The summed E-state index contributed by atoms with van der Waals surface area (Å²) in [7, 11) is 0. The Labute approximate surface area is 96.8 Å². The van der Waals surface area contributed by atoms with E-state index in [2.05, 4.69) is 24.4 Å². The predicted molar refractivity (Wildman–Crippen MR) is 64.1 cm³/mol. The van der Waals surface area contributed by atoms with Gasteiger partial charge in [-0.2, -0.15) is 0 Å². The second-order valence-electron chi connectivity index (χ2n) is 3.56. The van der Waals surface area contributed by atoms with Crippen molar-refractivity contribution in [3.8, 4) is 0 Å². The highest BCUT2D eigenvalue weighted by atomic mass is 16.5. The Morgan fingerprint density at radius 2 is 2.00 bits per heavy atom. The van der Waals surface area contributed by atoms with E-state index >= 15 is 0 Å². The lowest BCUT2D eigenvalue weighted by molar-refractivity contribution is -0.142. The summed E-state index contributed by atoms with van der Waals surface area (Å²) >= 11 is 0. The molecule has 0 spiro atoms. The van der Waals surface area contributed by atoms with Crippen LogP contribution in [0.2, 0.25) is 0 Å². The molecule has 0 saturated heterocycles. The summed E-state index contributed by atoms with van der Waals surface area (Å²) in [6.45, 7) is 4.60. The van der Waals surface area contributed by atoms with Crippen molar-refractivity contribution in [3.63, 3.8) is 0 Å². The fourth-order valence-electron chi connectivity index (χ4n) is 1.60. The molecule has 0 aliphatic rings. The quantitative estimate of drug-likeness (QED) is 0.749. The Bertz CT molecular complexity index is 311. The van der Waals surface area contributed by atoms with Gasteiger partial charge in [0.2, 0.25) is 0 Å². The fraction of sp³-hybridized carbons (Fsp3) is 0.462. The third-order valence-electron chi connectivity index (χ3n) is 2.41. The van der Waals surface area contributed by atoms with Crippen LogP contribution >= 0.6 is 0 Å². The molecule has 0 bridgehead atoms. The molecule has 0 radical (unpaired) electrons. The van der Waals surface area contributed by atoms with Crippen LogP contribution in [0, 0.1) is 0 Å². The molecule has 1 aromatic carbocycles. The molecule has 0 amide bonds. The highest BCUT2D eigenvalue weighted by Gasteiger charge is 2.10. The number of ether oxygens (including phenoxy) is 1. The second kappa shape index (κ2) is 7.01. The zero-order chi connectivity index (χ0) is 11.8. The first-order chi connectivity index (χ1) is 7.77. The van der Waals surface area contributed by atoms with E-state index in [-0.39, 0.29) is 18.6 Å². The highest BCUT2D eigenvalue weighted by molar-refractivity contribution is 5.71. The summed E-state index contributed by atoms with van der Waals surface area (Å²) in [6.07, 6.45) is 0.948. The Kier molecular flexibility index (Phi) is 5.57. The molecule has 1 rings (SSSR count). The van der Waals surface area contributed by atoms with Crippen LogP contribution in [-0.2, 0) is 9.53 Å². The minimum atomic E-state index is -0.197. The molecule has 1 aromatic rings. The summed E-state index contributed by atoms with van der Waals surface area (Å²) in [5.41, 5.74) is 1.20. The number of hydrogen-bond donors (Lipinski definition) is 1. The van der Waals surface area contributed by atoms with Gasteiger partial charge in [0, 0.05) is 6.04 Å². The molecule has 0 aromatic heterocycles. The van der Waals surface area contributed by atoms with Crippen molar-refractivity contribution in [2.24, 2.45) is 0 Å². The molecule has 16 heavy (non-hydrogen) atoms. The standard InChI is InChI=1S/C13H19NO2/c1-3-12(11-8-6-5-7-9-11)14-10-13(15)16-4-2/h5-9,12,14H,3-4,10H2,1-2H3. The highest BCUT2D eigenvalue weighted by Crippen LogP contribution is 2.15. The smallest absolute Gasteiger partial charge is 0.319 e. The minimum absolute atomic E-state index is 0.197. The molecular weight excluding hydrogens is 202 g/mol. The van der Waals surface area contributed by atoms with Crippen molar-refractivity contribution in [2.45, 2.75) is 26.3 Å². The third kappa shape index (κ3) is 4.03. The van der Waals surface area contributed by atoms with Crippen LogP contribution < -0.4 is 5.32 Å². The van der Waals surface area contributed by atoms with Gasteiger partial charge in [-0.05, 0) is 18.9 Å². The lowest BCUT2D eigenvalue weighted by Crippen LogP contribution is -2.28. The van der Waals surface area contributed by atoms with Gasteiger partial charge in [-0.3, -0.25) is 4.79 Å². The number of nitrogens with one attached hydrogen (secondary N) is 1. The molecule has 0 aliphatic heterocycles. The Morgan fingerprint density at radius 3 is 2.56 bits per heavy atom. The van der Waals surface area contributed by atoms with Crippen LogP contribution in [0.5, 0.6) is 0 Å². The zero-order valence-corrected chi connectivity index (χ0v) is 9.90. The van der Waals surface area contributed by atoms with E-state index in [1.807, 2.05) is 25.1 Å². The average molecular weight is 221 g/mol. The molecule has 0 fully saturated rings. The molecule has 1 atom stereocenters. The van der Waals surface area contributed by atoms with E-state index in [4.69, 9.17) is 4.74 Å². The van der Waals surface area contributed by atoms with Crippen molar-refractivity contribution in [1.29, 1.82) is 0 Å². The summed E-state index contributed by atoms with van der Waals surface area (Å²) in [4.78, 5) is 11.2. The zero-order valence-electron chi connectivity index (χ0n) is 9.90. The van der Waals surface area contributed by atoms with Gasteiger partial charge in [-0.15, -0.1) is 0 Å². The van der Waals surface area contributed by atoms with E-state index in [9.17, 15) is 4.79 Å². The van der Waals surface area contributed by atoms with Gasteiger partial charge in [-0.25, -0.2) is 0 Å². The van der Waals surface area contributed by atoms with E-state index in [0.717, 1.165) is 6.42 Å². The number of hydrogen-bond acceptors (Lipinski definition) is 3. The number of carbonyl (C=O) groups excluding carboxylic acids is 1. The number of rotatable bonds is 6. The summed E-state index contributed by atoms with van der Waals surface area (Å²) in [5, 5.41) is 3.20. The maximum absolute atomic E-state index is 11.2. The summed E-state index contributed by atoms with van der Waals surface area (Å²) < 4.78 is 4.87. The van der Waals surface area contributed by atoms with Crippen molar-refractivity contribution in [1.82, 2.24) is 5.32 Å². The molecule has 0 saturated carbocycles. The molecule has 3 nitrogen and oxygen atoms in total. The van der Waals surface area contributed by atoms with Crippen LogP contribution in [0.25, 0.3) is 0 Å². The van der Waals surface area contributed by atoms with Crippen LogP contribution in [0.1, 0.15) is 31.9 Å². The minimum Gasteiger partial charge on any atom is -0.465 e. The number of carbonyl (C=O) groups is 1. The van der Waals surface area contributed by atoms with Gasteiger partial charge < -0.3 is 10.1 Å². The van der Waals surface area contributed by atoms with Crippen molar-refractivity contribution >= 4 is 5.97 Å². The molecule has 0 aliphatic carbocycles. The van der Waals surface area contributed by atoms with Crippen LogP contribution in [0.4, 0.5) is 0 Å². The first kappa shape index (κ1) is 12.7. The lowest BCUT2D eigenvalue weighted by Gasteiger charge is -2.16. The van der Waals surface area contributed by atoms with Crippen LogP contribution in [0.15, 0.2) is 30.3 Å². The largest absolute Gasteiger partial charge is 0.465 e. The molecule has 1 unspecified atom stereocenters. The van der Waals surface area contributed by atoms with Crippen LogP contribution in [0.3, 0.4) is 0 Å². The van der Waals surface area contributed by atoms with Gasteiger partial charge >= 0.3 is 5.97 Å². The molecule has 88 valence electrons. The van der Waals surface area contributed by atoms with E-state index < -0.39 is 0 Å².